The Labute approximate surface area is 184 Å². The summed E-state index contributed by atoms with van der Waals surface area (Å²) >= 11 is 0. The number of aliphatic hydroxyl groups excluding tert-OH is 3. The van der Waals surface area contributed by atoms with E-state index in [9.17, 15) is 15.3 Å². The molecule has 0 saturated heterocycles. The summed E-state index contributed by atoms with van der Waals surface area (Å²) in [5.74, 6) is 3.14. The van der Waals surface area contributed by atoms with Crippen molar-refractivity contribution in [3.63, 3.8) is 0 Å². The van der Waals surface area contributed by atoms with Gasteiger partial charge in [0, 0.05) is 0 Å². The third kappa shape index (κ3) is 3.71. The molecular weight excluding hydrogens is 372 g/mol. The van der Waals surface area contributed by atoms with Crippen LogP contribution in [0, 0.1) is 46.3 Å². The second-order valence-electron chi connectivity index (χ2n) is 12.5. The molecule has 3 fully saturated rings. The van der Waals surface area contributed by atoms with Crippen molar-refractivity contribution in [1.82, 2.24) is 0 Å². The van der Waals surface area contributed by atoms with Gasteiger partial charge in [-0.2, -0.15) is 0 Å². The summed E-state index contributed by atoms with van der Waals surface area (Å²) in [4.78, 5) is 0. The molecule has 0 bridgehead atoms. The van der Waals surface area contributed by atoms with Gasteiger partial charge in [-0.05, 0) is 104 Å². The number of aliphatic hydroxyl groups is 3. The third-order valence-electron chi connectivity index (χ3n) is 10.2. The fraction of sp³-hybridized carbons (Fsp3) is 0.926. The quantitative estimate of drug-likeness (QED) is 0.529. The molecule has 0 heterocycles. The molecule has 30 heavy (non-hydrogen) atoms. The first-order valence-corrected chi connectivity index (χ1v) is 12.8. The largest absolute Gasteiger partial charge is 0.393 e. The zero-order valence-electron chi connectivity index (χ0n) is 20.0. The van der Waals surface area contributed by atoms with Crippen molar-refractivity contribution in [1.29, 1.82) is 0 Å². The van der Waals surface area contributed by atoms with Crippen molar-refractivity contribution < 1.29 is 15.3 Å². The third-order valence-corrected chi connectivity index (χ3v) is 10.2. The Hall–Kier alpha value is -0.380. The zero-order chi connectivity index (χ0) is 21.8. The summed E-state index contributed by atoms with van der Waals surface area (Å²) in [5, 5.41) is 31.9. The molecule has 0 aromatic carbocycles. The second-order valence-corrected chi connectivity index (χ2v) is 12.5. The van der Waals surface area contributed by atoms with E-state index in [1.54, 1.807) is 5.57 Å². The summed E-state index contributed by atoms with van der Waals surface area (Å²) in [5.41, 5.74) is 1.99. The van der Waals surface area contributed by atoms with Crippen LogP contribution < -0.4 is 0 Å². The molecule has 172 valence electrons. The topological polar surface area (TPSA) is 60.7 Å². The van der Waals surface area contributed by atoms with Crippen molar-refractivity contribution in [3.05, 3.63) is 11.6 Å². The van der Waals surface area contributed by atoms with E-state index >= 15 is 0 Å². The molecule has 3 saturated carbocycles. The van der Waals surface area contributed by atoms with Crippen molar-refractivity contribution in [2.75, 3.05) is 0 Å². The molecule has 0 aromatic rings. The summed E-state index contributed by atoms with van der Waals surface area (Å²) in [6.45, 7) is 11.7. The van der Waals surface area contributed by atoms with Gasteiger partial charge in [-0.3, -0.25) is 0 Å². The molecule has 3 heteroatoms. The lowest BCUT2D eigenvalue weighted by Crippen LogP contribution is -2.53. The molecule has 3 nitrogen and oxygen atoms in total. The van der Waals surface area contributed by atoms with Gasteiger partial charge in [0.25, 0.3) is 0 Å². The average molecular weight is 419 g/mol. The molecule has 0 aliphatic heterocycles. The van der Waals surface area contributed by atoms with E-state index in [2.05, 4.69) is 40.7 Å². The highest BCUT2D eigenvalue weighted by atomic mass is 16.3. The average Bonchev–Trinajstić information content (AvgIpc) is 3.00. The molecule has 10 atom stereocenters. The first kappa shape index (κ1) is 22.8. The van der Waals surface area contributed by atoms with Gasteiger partial charge >= 0.3 is 0 Å². The molecule has 4 aliphatic carbocycles. The van der Waals surface area contributed by atoms with Crippen molar-refractivity contribution >= 4 is 0 Å². The van der Waals surface area contributed by atoms with Crippen LogP contribution >= 0.6 is 0 Å². The van der Waals surface area contributed by atoms with E-state index in [0.717, 1.165) is 44.9 Å². The van der Waals surface area contributed by atoms with Crippen LogP contribution in [0.5, 0.6) is 0 Å². The van der Waals surface area contributed by atoms with E-state index < -0.39 is 0 Å². The summed E-state index contributed by atoms with van der Waals surface area (Å²) in [6.07, 6.45) is 10.9. The van der Waals surface area contributed by atoms with Gasteiger partial charge in [-0.25, -0.2) is 0 Å². The highest BCUT2D eigenvalue weighted by molar-refractivity contribution is 5.30. The van der Waals surface area contributed by atoms with E-state index in [1.165, 1.54) is 12.8 Å². The fourth-order valence-electron chi connectivity index (χ4n) is 8.76. The lowest BCUT2D eigenvalue weighted by Gasteiger charge is -2.58. The molecule has 3 N–H and O–H groups in total. The van der Waals surface area contributed by atoms with Gasteiger partial charge in [-0.1, -0.05) is 46.3 Å². The number of fused-ring (bicyclic) bond motifs is 5. The van der Waals surface area contributed by atoms with Crippen LogP contribution in [0.4, 0.5) is 0 Å². The molecule has 4 unspecified atom stereocenters. The number of hydrogen-bond donors (Lipinski definition) is 3. The molecule has 4 rings (SSSR count). The fourth-order valence-corrected chi connectivity index (χ4v) is 8.76. The van der Waals surface area contributed by atoms with Crippen LogP contribution in [0.15, 0.2) is 11.6 Å². The Kier molecular flexibility index (Phi) is 6.23. The molecule has 0 amide bonds. The highest BCUT2D eigenvalue weighted by Gasteiger charge is 2.59. The minimum Gasteiger partial charge on any atom is -0.393 e. The maximum Gasteiger partial charge on any atom is 0.0583 e. The number of allylic oxidation sites excluding steroid dienone is 2. The summed E-state index contributed by atoms with van der Waals surface area (Å²) < 4.78 is 0. The van der Waals surface area contributed by atoms with Crippen molar-refractivity contribution in [2.45, 2.75) is 111 Å². The molecule has 0 spiro atoms. The predicted octanol–water partition coefficient (Wildman–Crippen LogP) is 5.33. The van der Waals surface area contributed by atoms with Gasteiger partial charge < -0.3 is 15.3 Å². The van der Waals surface area contributed by atoms with Gasteiger partial charge in [0.1, 0.15) is 0 Å². The maximum absolute atomic E-state index is 11.1. The van der Waals surface area contributed by atoms with Crippen molar-refractivity contribution in [2.24, 2.45) is 46.3 Å². The maximum atomic E-state index is 11.1. The van der Waals surface area contributed by atoms with Crippen LogP contribution in [0.3, 0.4) is 0 Å². The highest BCUT2D eigenvalue weighted by Crippen LogP contribution is 2.66. The number of rotatable bonds is 5. The van der Waals surface area contributed by atoms with Gasteiger partial charge in [0.05, 0.1) is 18.3 Å². The second kappa shape index (κ2) is 8.19. The first-order chi connectivity index (χ1) is 14.1. The number of hydrogen-bond acceptors (Lipinski definition) is 3. The molecule has 0 radical (unpaired) electrons. The van der Waals surface area contributed by atoms with Crippen LogP contribution in [0.2, 0.25) is 0 Å². The minimum atomic E-state index is -0.279. The minimum absolute atomic E-state index is 0.0695. The van der Waals surface area contributed by atoms with Crippen LogP contribution in [0.25, 0.3) is 0 Å². The van der Waals surface area contributed by atoms with Crippen LogP contribution in [-0.2, 0) is 0 Å². The van der Waals surface area contributed by atoms with E-state index in [4.69, 9.17) is 0 Å². The van der Waals surface area contributed by atoms with Crippen molar-refractivity contribution in [3.8, 4) is 0 Å². The Morgan fingerprint density at radius 1 is 1.00 bits per heavy atom. The monoisotopic (exact) mass is 418 g/mol. The van der Waals surface area contributed by atoms with Gasteiger partial charge in [-0.15, -0.1) is 0 Å². The van der Waals surface area contributed by atoms with Crippen LogP contribution in [0.1, 0.15) is 92.4 Å². The standard InChI is InChI=1S/C27H46O3/c1-16(2)12-19(29)13-17(3)21-6-7-22-20-15-25(30)24-14-18(28)8-10-27(24,5)23(20)9-11-26(21,22)4/h9,16-22,24-25,28-30H,6-8,10-15H2,1-5H3/t17?,18-,19?,20?,21+,22-,24?,25-,26+,27+/m0/s1. The Morgan fingerprint density at radius 3 is 2.43 bits per heavy atom. The normalized spacial score (nSPS) is 47.8. The lowest BCUT2D eigenvalue weighted by atomic mass is 9.47. The molecule has 0 aromatic heterocycles. The Balaban J connectivity index is 1.55. The first-order valence-electron chi connectivity index (χ1n) is 12.8. The predicted molar refractivity (Wildman–Crippen MR) is 122 cm³/mol. The van der Waals surface area contributed by atoms with E-state index in [1.807, 2.05) is 0 Å². The molecular formula is C27H46O3. The smallest absolute Gasteiger partial charge is 0.0583 e. The Bertz CT molecular complexity index is 656. The van der Waals surface area contributed by atoms with Gasteiger partial charge in [0.2, 0.25) is 0 Å². The van der Waals surface area contributed by atoms with E-state index in [0.29, 0.717) is 35.0 Å². The van der Waals surface area contributed by atoms with Crippen LogP contribution in [-0.4, -0.2) is 33.6 Å². The molecule has 4 aliphatic rings. The summed E-state index contributed by atoms with van der Waals surface area (Å²) in [7, 11) is 0. The SMILES string of the molecule is CC(C)CC(O)CC(C)[C@H]1CC[C@H]2C3C[C@H](O)C4C[C@@H](O)CC[C@]4(C)C3=CC[C@]12C. The van der Waals surface area contributed by atoms with Gasteiger partial charge in [0.15, 0.2) is 0 Å². The lowest BCUT2D eigenvalue weighted by molar-refractivity contribution is -0.0831. The van der Waals surface area contributed by atoms with E-state index in [-0.39, 0.29) is 29.6 Å². The summed E-state index contributed by atoms with van der Waals surface area (Å²) in [6, 6.07) is 0. The Morgan fingerprint density at radius 2 is 1.73 bits per heavy atom. The zero-order valence-corrected chi connectivity index (χ0v) is 20.0.